The van der Waals surface area contributed by atoms with Gasteiger partial charge in [-0.1, -0.05) is 57.1 Å². The Morgan fingerprint density at radius 3 is 2.15 bits per heavy atom. The first-order chi connectivity index (χ1) is 12.5. The molecule has 3 rings (SSSR count). The van der Waals surface area contributed by atoms with Gasteiger partial charge in [-0.05, 0) is 42.9 Å². The normalized spacial score (nSPS) is 20.9. The van der Waals surface area contributed by atoms with Crippen molar-refractivity contribution in [2.45, 2.75) is 81.1 Å². The highest BCUT2D eigenvalue weighted by atomic mass is 32.2. The summed E-state index contributed by atoms with van der Waals surface area (Å²) in [5.74, 6) is -0.915. The van der Waals surface area contributed by atoms with Crippen molar-refractivity contribution < 1.29 is 18.3 Å². The van der Waals surface area contributed by atoms with E-state index in [1.807, 2.05) is 0 Å². The van der Waals surface area contributed by atoms with Gasteiger partial charge in [-0.3, -0.25) is 4.79 Å². The molecule has 6 heteroatoms. The summed E-state index contributed by atoms with van der Waals surface area (Å²) in [7, 11) is -3.54. The Kier molecular flexibility index (Phi) is 6.35. The molecule has 0 bridgehead atoms. The van der Waals surface area contributed by atoms with Crippen molar-refractivity contribution in [2.75, 3.05) is 0 Å². The minimum Gasteiger partial charge on any atom is -0.481 e. The summed E-state index contributed by atoms with van der Waals surface area (Å²) in [6.07, 6.45) is 10.3. The minimum atomic E-state index is -3.54. The first-order valence-electron chi connectivity index (χ1n) is 9.81. The lowest BCUT2D eigenvalue weighted by molar-refractivity contribution is -0.139. The van der Waals surface area contributed by atoms with Gasteiger partial charge in [-0.2, -0.15) is 0 Å². The smallest absolute Gasteiger partial charge is 0.310 e. The van der Waals surface area contributed by atoms with Gasteiger partial charge in [0.15, 0.2) is 0 Å². The molecule has 5 nitrogen and oxygen atoms in total. The topological polar surface area (TPSA) is 83.5 Å². The number of sulfonamides is 1. The Balaban J connectivity index is 1.70. The fourth-order valence-electron chi connectivity index (χ4n) is 4.35. The van der Waals surface area contributed by atoms with Crippen LogP contribution in [-0.2, 0) is 14.8 Å². The maximum absolute atomic E-state index is 12.6. The van der Waals surface area contributed by atoms with E-state index in [9.17, 15) is 18.3 Å². The van der Waals surface area contributed by atoms with Crippen LogP contribution >= 0.6 is 0 Å². The Morgan fingerprint density at radius 1 is 1.00 bits per heavy atom. The third-order valence-corrected chi connectivity index (χ3v) is 7.40. The van der Waals surface area contributed by atoms with E-state index in [1.165, 1.54) is 19.3 Å². The molecule has 1 unspecified atom stereocenters. The van der Waals surface area contributed by atoms with Crippen LogP contribution in [0.1, 0.15) is 75.7 Å². The number of hydrogen-bond acceptors (Lipinski definition) is 3. The van der Waals surface area contributed by atoms with Crippen molar-refractivity contribution in [3.05, 3.63) is 29.8 Å². The Bertz CT molecular complexity index is 702. The SMILES string of the molecule is O=C(O)C(CC1CCCC1)c1ccc(S(=O)(=O)NC2CCCCC2)cc1. The van der Waals surface area contributed by atoms with Gasteiger partial charge in [0.25, 0.3) is 0 Å². The second kappa shape index (κ2) is 8.53. The Hall–Kier alpha value is -1.40. The van der Waals surface area contributed by atoms with E-state index >= 15 is 0 Å². The lowest BCUT2D eigenvalue weighted by Gasteiger charge is -2.22. The number of aliphatic carboxylic acids is 1. The summed E-state index contributed by atoms with van der Waals surface area (Å²) in [4.78, 5) is 11.9. The summed E-state index contributed by atoms with van der Waals surface area (Å²) >= 11 is 0. The van der Waals surface area contributed by atoms with Crippen LogP contribution in [0.4, 0.5) is 0 Å². The zero-order valence-electron chi connectivity index (χ0n) is 15.2. The van der Waals surface area contributed by atoms with Crippen LogP contribution in [0.2, 0.25) is 0 Å². The predicted molar refractivity (Wildman–Crippen MR) is 101 cm³/mol. The highest BCUT2D eigenvalue weighted by Crippen LogP contribution is 2.34. The van der Waals surface area contributed by atoms with E-state index in [2.05, 4.69) is 4.72 Å². The zero-order chi connectivity index (χ0) is 18.6. The van der Waals surface area contributed by atoms with Gasteiger partial charge in [-0.15, -0.1) is 0 Å². The van der Waals surface area contributed by atoms with Crippen molar-refractivity contribution in [3.63, 3.8) is 0 Å². The highest BCUT2D eigenvalue weighted by Gasteiger charge is 2.27. The average molecular weight is 380 g/mol. The molecule has 2 N–H and O–H groups in total. The molecule has 0 heterocycles. The van der Waals surface area contributed by atoms with Crippen LogP contribution in [0.5, 0.6) is 0 Å². The van der Waals surface area contributed by atoms with E-state index in [-0.39, 0.29) is 10.9 Å². The fraction of sp³-hybridized carbons (Fsp3) is 0.650. The third-order valence-electron chi connectivity index (χ3n) is 5.86. The number of rotatable bonds is 7. The zero-order valence-corrected chi connectivity index (χ0v) is 16.0. The van der Waals surface area contributed by atoms with Gasteiger partial charge in [0.05, 0.1) is 10.8 Å². The first kappa shape index (κ1) is 19.4. The summed E-state index contributed by atoms with van der Waals surface area (Å²) in [5.41, 5.74) is 0.695. The molecule has 0 radical (unpaired) electrons. The van der Waals surface area contributed by atoms with Gasteiger partial charge in [-0.25, -0.2) is 13.1 Å². The van der Waals surface area contributed by atoms with Crippen LogP contribution in [-0.4, -0.2) is 25.5 Å². The van der Waals surface area contributed by atoms with E-state index in [0.29, 0.717) is 17.9 Å². The predicted octanol–water partition coefficient (Wildman–Crippen LogP) is 4.05. The van der Waals surface area contributed by atoms with Gasteiger partial charge in [0.1, 0.15) is 0 Å². The molecule has 0 amide bonds. The number of carboxylic acid groups (broad SMARTS) is 1. The van der Waals surface area contributed by atoms with Crippen LogP contribution in [0.15, 0.2) is 29.2 Å². The largest absolute Gasteiger partial charge is 0.481 e. The van der Waals surface area contributed by atoms with Crippen molar-refractivity contribution in [1.29, 1.82) is 0 Å². The summed E-state index contributed by atoms with van der Waals surface area (Å²) < 4.78 is 27.9. The van der Waals surface area contributed by atoms with Crippen molar-refractivity contribution >= 4 is 16.0 Å². The number of benzene rings is 1. The van der Waals surface area contributed by atoms with E-state index in [0.717, 1.165) is 38.5 Å². The van der Waals surface area contributed by atoms with Crippen LogP contribution < -0.4 is 4.72 Å². The van der Waals surface area contributed by atoms with Gasteiger partial charge >= 0.3 is 5.97 Å². The quantitative estimate of drug-likeness (QED) is 0.749. The molecule has 1 atom stereocenters. The fourth-order valence-corrected chi connectivity index (χ4v) is 5.65. The molecule has 0 spiro atoms. The molecule has 2 fully saturated rings. The van der Waals surface area contributed by atoms with Crippen molar-refractivity contribution in [3.8, 4) is 0 Å². The summed E-state index contributed by atoms with van der Waals surface area (Å²) in [5, 5.41) is 9.60. The molecule has 0 saturated heterocycles. The third kappa shape index (κ3) is 4.86. The number of hydrogen-bond donors (Lipinski definition) is 2. The monoisotopic (exact) mass is 379 g/mol. The van der Waals surface area contributed by atoms with E-state index in [4.69, 9.17) is 0 Å². The lowest BCUT2D eigenvalue weighted by Crippen LogP contribution is -2.36. The Labute approximate surface area is 156 Å². The molecule has 2 aliphatic rings. The molecule has 0 aliphatic heterocycles. The number of carbonyl (C=O) groups is 1. The Morgan fingerprint density at radius 2 is 1.58 bits per heavy atom. The standard InChI is InChI=1S/C20H29NO4S/c22-20(23)19(14-15-6-4-5-7-15)16-10-12-18(13-11-16)26(24,25)21-17-8-2-1-3-9-17/h10-13,15,17,19,21H,1-9,14H2,(H,22,23). The molecule has 0 aromatic heterocycles. The number of nitrogens with one attached hydrogen (secondary N) is 1. The van der Waals surface area contributed by atoms with Gasteiger partial charge in [0.2, 0.25) is 10.0 Å². The molecule has 1 aromatic rings. The lowest BCUT2D eigenvalue weighted by atomic mass is 9.88. The maximum Gasteiger partial charge on any atom is 0.310 e. The minimum absolute atomic E-state index is 0.0163. The maximum atomic E-state index is 12.6. The van der Waals surface area contributed by atoms with Crippen LogP contribution in [0, 0.1) is 5.92 Å². The average Bonchev–Trinajstić information content (AvgIpc) is 3.13. The van der Waals surface area contributed by atoms with Gasteiger partial charge in [0, 0.05) is 6.04 Å². The summed E-state index contributed by atoms with van der Waals surface area (Å²) in [6.45, 7) is 0. The molecule has 2 aliphatic carbocycles. The van der Waals surface area contributed by atoms with Crippen LogP contribution in [0.3, 0.4) is 0 Å². The molecule has 144 valence electrons. The number of carboxylic acids is 1. The van der Waals surface area contributed by atoms with Crippen LogP contribution in [0.25, 0.3) is 0 Å². The molecule has 2 saturated carbocycles. The highest BCUT2D eigenvalue weighted by molar-refractivity contribution is 7.89. The second-order valence-electron chi connectivity index (χ2n) is 7.80. The molecular weight excluding hydrogens is 350 g/mol. The second-order valence-corrected chi connectivity index (χ2v) is 9.52. The van der Waals surface area contributed by atoms with Gasteiger partial charge < -0.3 is 5.11 Å². The molecule has 26 heavy (non-hydrogen) atoms. The molecular formula is C20H29NO4S. The molecule has 1 aromatic carbocycles. The first-order valence-corrected chi connectivity index (χ1v) is 11.3. The van der Waals surface area contributed by atoms with Crippen molar-refractivity contribution in [1.82, 2.24) is 4.72 Å². The van der Waals surface area contributed by atoms with E-state index < -0.39 is 21.9 Å². The summed E-state index contributed by atoms with van der Waals surface area (Å²) in [6, 6.07) is 6.45. The van der Waals surface area contributed by atoms with Crippen molar-refractivity contribution in [2.24, 2.45) is 5.92 Å². The van der Waals surface area contributed by atoms with E-state index in [1.54, 1.807) is 24.3 Å².